The van der Waals surface area contributed by atoms with E-state index in [1.807, 2.05) is 0 Å². The standard InChI is InChI=1S/C10H11F3O2/c1-3-14-8-4-5-9(7(2)6-8)15-10(11,12)13/h4-6H,3H2,1-2H3. The Balaban J connectivity index is 2.84. The Morgan fingerprint density at radius 3 is 2.40 bits per heavy atom. The largest absolute Gasteiger partial charge is 0.573 e. The van der Waals surface area contributed by atoms with Crippen LogP contribution in [0.5, 0.6) is 11.5 Å². The monoisotopic (exact) mass is 220 g/mol. The molecule has 0 spiro atoms. The Hall–Kier alpha value is -1.39. The van der Waals surface area contributed by atoms with Crippen molar-refractivity contribution in [2.45, 2.75) is 20.2 Å². The van der Waals surface area contributed by atoms with Gasteiger partial charge < -0.3 is 9.47 Å². The van der Waals surface area contributed by atoms with Gasteiger partial charge in [0.2, 0.25) is 0 Å². The molecule has 0 aliphatic carbocycles. The molecule has 15 heavy (non-hydrogen) atoms. The minimum absolute atomic E-state index is 0.203. The fraction of sp³-hybridized carbons (Fsp3) is 0.400. The summed E-state index contributed by atoms with van der Waals surface area (Å²) in [5.74, 6) is 0.329. The number of halogens is 3. The summed E-state index contributed by atoms with van der Waals surface area (Å²) in [6.45, 7) is 3.80. The molecule has 0 aliphatic heterocycles. The Labute approximate surface area is 85.6 Å². The van der Waals surface area contributed by atoms with E-state index in [1.54, 1.807) is 6.92 Å². The second-order valence-electron chi connectivity index (χ2n) is 2.91. The smallest absolute Gasteiger partial charge is 0.494 e. The minimum Gasteiger partial charge on any atom is -0.494 e. The molecule has 1 aromatic carbocycles. The first-order valence-electron chi connectivity index (χ1n) is 4.41. The number of alkyl halides is 3. The summed E-state index contributed by atoms with van der Waals surface area (Å²) in [7, 11) is 0. The lowest BCUT2D eigenvalue weighted by molar-refractivity contribution is -0.274. The summed E-state index contributed by atoms with van der Waals surface area (Å²) in [6.07, 6.45) is -4.65. The Bertz CT molecular complexity index is 334. The SMILES string of the molecule is CCOc1ccc(OC(F)(F)F)c(C)c1. The highest BCUT2D eigenvalue weighted by molar-refractivity contribution is 5.39. The van der Waals surface area contributed by atoms with Crippen molar-refractivity contribution in [3.05, 3.63) is 23.8 Å². The minimum atomic E-state index is -4.65. The normalized spacial score (nSPS) is 11.3. The lowest BCUT2D eigenvalue weighted by atomic mass is 10.2. The van der Waals surface area contributed by atoms with Gasteiger partial charge in [0.25, 0.3) is 0 Å². The molecule has 1 aromatic rings. The summed E-state index contributed by atoms with van der Waals surface area (Å²) in [5.41, 5.74) is 0.387. The van der Waals surface area contributed by atoms with Crippen LogP contribution in [-0.2, 0) is 0 Å². The molecule has 0 saturated heterocycles. The van der Waals surface area contributed by atoms with Crippen LogP contribution in [0.3, 0.4) is 0 Å². The maximum absolute atomic E-state index is 11.9. The van der Waals surface area contributed by atoms with E-state index in [0.29, 0.717) is 17.9 Å². The van der Waals surface area contributed by atoms with Gasteiger partial charge in [-0.1, -0.05) is 0 Å². The molecule has 2 nitrogen and oxygen atoms in total. The van der Waals surface area contributed by atoms with Crippen LogP contribution in [0, 0.1) is 6.92 Å². The molecular formula is C10H11F3O2. The maximum Gasteiger partial charge on any atom is 0.573 e. The Morgan fingerprint density at radius 2 is 1.93 bits per heavy atom. The van der Waals surface area contributed by atoms with Crippen LogP contribution in [-0.4, -0.2) is 13.0 Å². The number of rotatable bonds is 3. The van der Waals surface area contributed by atoms with Crippen molar-refractivity contribution in [1.29, 1.82) is 0 Å². The quantitative estimate of drug-likeness (QED) is 0.778. The van der Waals surface area contributed by atoms with E-state index in [4.69, 9.17) is 4.74 Å². The van der Waals surface area contributed by atoms with E-state index in [2.05, 4.69) is 4.74 Å². The number of hydrogen-bond acceptors (Lipinski definition) is 2. The zero-order valence-corrected chi connectivity index (χ0v) is 8.39. The molecule has 5 heteroatoms. The summed E-state index contributed by atoms with van der Waals surface area (Å²) in [5, 5.41) is 0. The lowest BCUT2D eigenvalue weighted by Gasteiger charge is -2.12. The van der Waals surface area contributed by atoms with Crippen LogP contribution >= 0.6 is 0 Å². The highest BCUT2D eigenvalue weighted by atomic mass is 19.4. The molecule has 0 aliphatic rings. The Morgan fingerprint density at radius 1 is 1.27 bits per heavy atom. The molecule has 0 atom stereocenters. The van der Waals surface area contributed by atoms with Gasteiger partial charge in [0.1, 0.15) is 11.5 Å². The highest BCUT2D eigenvalue weighted by Gasteiger charge is 2.31. The molecule has 0 fully saturated rings. The van der Waals surface area contributed by atoms with Gasteiger partial charge in [-0.05, 0) is 37.6 Å². The average Bonchev–Trinajstić information content (AvgIpc) is 2.08. The summed E-state index contributed by atoms with van der Waals surface area (Å²) < 4.78 is 44.7. The van der Waals surface area contributed by atoms with Crippen LogP contribution in [0.4, 0.5) is 13.2 Å². The lowest BCUT2D eigenvalue weighted by Crippen LogP contribution is -2.17. The van der Waals surface area contributed by atoms with Crippen LogP contribution in [0.15, 0.2) is 18.2 Å². The van der Waals surface area contributed by atoms with E-state index in [-0.39, 0.29) is 5.75 Å². The maximum atomic E-state index is 11.9. The van der Waals surface area contributed by atoms with E-state index in [1.165, 1.54) is 25.1 Å². The van der Waals surface area contributed by atoms with Crippen molar-refractivity contribution < 1.29 is 22.6 Å². The van der Waals surface area contributed by atoms with Crippen LogP contribution < -0.4 is 9.47 Å². The van der Waals surface area contributed by atoms with Gasteiger partial charge in [-0.25, -0.2) is 0 Å². The van der Waals surface area contributed by atoms with Gasteiger partial charge in [0.05, 0.1) is 6.61 Å². The molecule has 1 rings (SSSR count). The summed E-state index contributed by atoms with van der Waals surface area (Å²) in [6, 6.07) is 4.19. The zero-order chi connectivity index (χ0) is 11.5. The summed E-state index contributed by atoms with van der Waals surface area (Å²) >= 11 is 0. The first-order valence-corrected chi connectivity index (χ1v) is 4.41. The molecule has 0 saturated carbocycles. The predicted molar refractivity (Wildman–Crippen MR) is 49.0 cm³/mol. The van der Waals surface area contributed by atoms with Gasteiger partial charge >= 0.3 is 6.36 Å². The van der Waals surface area contributed by atoms with E-state index < -0.39 is 6.36 Å². The molecule has 84 valence electrons. The predicted octanol–water partition coefficient (Wildman–Crippen LogP) is 3.29. The second kappa shape index (κ2) is 4.42. The van der Waals surface area contributed by atoms with Crippen molar-refractivity contribution >= 4 is 0 Å². The molecule has 0 amide bonds. The zero-order valence-electron chi connectivity index (χ0n) is 8.39. The van der Waals surface area contributed by atoms with Crippen LogP contribution in [0.2, 0.25) is 0 Å². The van der Waals surface area contributed by atoms with Gasteiger partial charge in [-0.3, -0.25) is 0 Å². The number of ether oxygens (including phenoxy) is 2. The van der Waals surface area contributed by atoms with Crippen LogP contribution in [0.25, 0.3) is 0 Å². The number of aryl methyl sites for hydroxylation is 1. The van der Waals surface area contributed by atoms with E-state index in [9.17, 15) is 13.2 Å². The highest BCUT2D eigenvalue weighted by Crippen LogP contribution is 2.28. The van der Waals surface area contributed by atoms with Crippen molar-refractivity contribution in [3.63, 3.8) is 0 Å². The summed E-state index contributed by atoms with van der Waals surface area (Å²) in [4.78, 5) is 0. The van der Waals surface area contributed by atoms with Crippen LogP contribution in [0.1, 0.15) is 12.5 Å². The molecular weight excluding hydrogens is 209 g/mol. The Kier molecular flexibility index (Phi) is 3.44. The first kappa shape index (κ1) is 11.7. The number of benzene rings is 1. The first-order chi connectivity index (χ1) is 6.92. The van der Waals surface area contributed by atoms with E-state index in [0.717, 1.165) is 0 Å². The van der Waals surface area contributed by atoms with Gasteiger partial charge in [0.15, 0.2) is 0 Å². The molecule has 0 radical (unpaired) electrons. The van der Waals surface area contributed by atoms with Crippen molar-refractivity contribution in [1.82, 2.24) is 0 Å². The van der Waals surface area contributed by atoms with Gasteiger partial charge in [-0.15, -0.1) is 13.2 Å². The third-order valence-electron chi connectivity index (χ3n) is 1.68. The number of hydrogen-bond donors (Lipinski definition) is 0. The average molecular weight is 220 g/mol. The molecule has 0 bridgehead atoms. The molecule has 0 N–H and O–H groups in total. The second-order valence-corrected chi connectivity index (χ2v) is 2.91. The van der Waals surface area contributed by atoms with Crippen molar-refractivity contribution in [2.75, 3.05) is 6.61 Å². The van der Waals surface area contributed by atoms with E-state index >= 15 is 0 Å². The van der Waals surface area contributed by atoms with Gasteiger partial charge in [0, 0.05) is 0 Å². The molecule has 0 aromatic heterocycles. The van der Waals surface area contributed by atoms with Gasteiger partial charge in [-0.2, -0.15) is 0 Å². The topological polar surface area (TPSA) is 18.5 Å². The molecule has 0 heterocycles. The van der Waals surface area contributed by atoms with Crippen molar-refractivity contribution in [2.24, 2.45) is 0 Å². The van der Waals surface area contributed by atoms with Crippen molar-refractivity contribution in [3.8, 4) is 11.5 Å². The third kappa shape index (κ3) is 3.69. The fourth-order valence-corrected chi connectivity index (χ4v) is 1.12. The molecule has 0 unspecified atom stereocenters. The third-order valence-corrected chi connectivity index (χ3v) is 1.68. The fourth-order valence-electron chi connectivity index (χ4n) is 1.12.